The number of carboxylic acid groups (broad SMARTS) is 1. The van der Waals surface area contributed by atoms with Crippen molar-refractivity contribution in [2.75, 3.05) is 18.0 Å². The fraction of sp³-hybridized carbons (Fsp3) is 0.182. The maximum Gasteiger partial charge on any atom is 0.323 e. The summed E-state index contributed by atoms with van der Waals surface area (Å²) in [5.74, 6) is 0.214. The lowest BCUT2D eigenvalue weighted by Crippen LogP contribution is -2.30. The van der Waals surface area contributed by atoms with E-state index in [1.165, 1.54) is 0 Å². The third-order valence-electron chi connectivity index (χ3n) is 2.05. The fourth-order valence-corrected chi connectivity index (χ4v) is 1.36. The highest BCUT2D eigenvalue weighted by Crippen LogP contribution is 2.23. The largest absolute Gasteiger partial charge is 0.480 e. The number of nitro groups is 1. The zero-order valence-electron chi connectivity index (χ0n) is 9.17. The van der Waals surface area contributed by atoms with Gasteiger partial charge in [0.1, 0.15) is 12.4 Å². The number of hydrogen-bond donors (Lipinski definition) is 1. The van der Waals surface area contributed by atoms with Gasteiger partial charge in [-0.3, -0.25) is 14.9 Å². The molecule has 1 N–H and O–H groups in total. The van der Waals surface area contributed by atoms with Gasteiger partial charge in [0.15, 0.2) is 0 Å². The van der Waals surface area contributed by atoms with E-state index >= 15 is 0 Å². The summed E-state index contributed by atoms with van der Waals surface area (Å²) in [4.78, 5) is 21.6. The van der Waals surface area contributed by atoms with Crippen molar-refractivity contribution in [2.24, 2.45) is 0 Å². The molecule has 0 spiro atoms. The Bertz CT molecular complexity index is 524. The molecule has 1 rings (SSSR count). The van der Waals surface area contributed by atoms with E-state index < -0.39 is 28.9 Å². The number of non-ortho nitro benzene ring substituents is 1. The quantitative estimate of drug-likeness (QED) is 0.484. The van der Waals surface area contributed by atoms with Gasteiger partial charge in [0.05, 0.1) is 17.5 Å². The van der Waals surface area contributed by atoms with Gasteiger partial charge in [-0.1, -0.05) is 5.92 Å². The fourth-order valence-electron chi connectivity index (χ4n) is 1.36. The number of hydrogen-bond acceptors (Lipinski definition) is 4. The van der Waals surface area contributed by atoms with E-state index in [9.17, 15) is 19.3 Å². The van der Waals surface area contributed by atoms with Crippen LogP contribution in [0.25, 0.3) is 0 Å². The van der Waals surface area contributed by atoms with E-state index in [0.717, 1.165) is 23.1 Å². The van der Waals surface area contributed by atoms with Gasteiger partial charge < -0.3 is 10.0 Å². The van der Waals surface area contributed by atoms with E-state index in [1.54, 1.807) is 0 Å². The van der Waals surface area contributed by atoms with Gasteiger partial charge in [0, 0.05) is 11.8 Å². The molecule has 0 saturated carbocycles. The monoisotopic (exact) mass is 252 g/mol. The molecule has 0 bridgehead atoms. The number of terminal acetylenes is 1. The summed E-state index contributed by atoms with van der Waals surface area (Å²) in [6.07, 6.45) is 5.07. The first-order chi connectivity index (χ1) is 8.43. The topological polar surface area (TPSA) is 83.7 Å². The summed E-state index contributed by atoms with van der Waals surface area (Å²) < 4.78 is 13.2. The summed E-state index contributed by atoms with van der Waals surface area (Å²) in [6, 6.07) is 2.81. The van der Waals surface area contributed by atoms with Gasteiger partial charge in [-0.25, -0.2) is 4.39 Å². The van der Waals surface area contributed by atoms with Gasteiger partial charge in [0.25, 0.3) is 5.69 Å². The number of nitrogens with zero attached hydrogens (tertiary/aromatic N) is 2. The van der Waals surface area contributed by atoms with Gasteiger partial charge in [-0.05, 0) is 6.07 Å². The number of anilines is 1. The van der Waals surface area contributed by atoms with Crippen LogP contribution in [0, 0.1) is 28.3 Å². The molecule has 1 aromatic rings. The molecular weight excluding hydrogens is 243 g/mol. The molecule has 0 aromatic heterocycles. The minimum absolute atomic E-state index is 0.0575. The molecule has 0 aliphatic heterocycles. The Hall–Kier alpha value is -2.62. The van der Waals surface area contributed by atoms with E-state index in [2.05, 4.69) is 5.92 Å². The second-order valence-electron chi connectivity index (χ2n) is 3.38. The minimum atomic E-state index is -1.17. The lowest BCUT2D eigenvalue weighted by atomic mass is 10.2. The molecule has 0 atom stereocenters. The third-order valence-corrected chi connectivity index (χ3v) is 2.05. The second kappa shape index (κ2) is 5.63. The van der Waals surface area contributed by atoms with Gasteiger partial charge in [-0.2, -0.15) is 0 Å². The molecule has 0 heterocycles. The first kappa shape index (κ1) is 13.4. The maximum atomic E-state index is 13.2. The molecule has 7 heteroatoms. The van der Waals surface area contributed by atoms with Crippen molar-refractivity contribution in [2.45, 2.75) is 0 Å². The van der Waals surface area contributed by atoms with E-state index in [-0.39, 0.29) is 12.2 Å². The SMILES string of the molecule is C#CCN(CC(=O)O)c1cc(F)cc([N+](=O)[O-])c1. The van der Waals surface area contributed by atoms with Crippen LogP contribution in [-0.4, -0.2) is 29.1 Å². The van der Waals surface area contributed by atoms with Crippen LogP contribution in [-0.2, 0) is 4.79 Å². The van der Waals surface area contributed by atoms with Crippen LogP contribution in [0.5, 0.6) is 0 Å². The molecule has 0 aliphatic rings. The first-order valence-corrected chi connectivity index (χ1v) is 4.79. The van der Waals surface area contributed by atoms with Crippen molar-refractivity contribution in [3.05, 3.63) is 34.1 Å². The zero-order chi connectivity index (χ0) is 13.7. The number of halogens is 1. The van der Waals surface area contributed by atoms with Crippen LogP contribution >= 0.6 is 0 Å². The average Bonchev–Trinajstić information content (AvgIpc) is 2.27. The Kier molecular flexibility index (Phi) is 4.21. The molecule has 0 amide bonds. The Morgan fingerprint density at radius 1 is 1.56 bits per heavy atom. The molecule has 1 aromatic carbocycles. The zero-order valence-corrected chi connectivity index (χ0v) is 9.17. The first-order valence-electron chi connectivity index (χ1n) is 4.79. The summed E-state index contributed by atoms with van der Waals surface area (Å²) in [6.45, 7) is -0.558. The maximum absolute atomic E-state index is 13.2. The standard InChI is InChI=1S/C11H9FN2O4/c1-2-3-13(7-11(15)16)9-4-8(12)5-10(6-9)14(17)18/h1,4-6H,3,7H2,(H,15,16). The molecule has 0 radical (unpaired) electrons. The molecule has 0 unspecified atom stereocenters. The van der Waals surface area contributed by atoms with Crippen molar-refractivity contribution in [3.63, 3.8) is 0 Å². The Morgan fingerprint density at radius 2 is 2.22 bits per heavy atom. The van der Waals surface area contributed by atoms with Crippen molar-refractivity contribution < 1.29 is 19.2 Å². The van der Waals surface area contributed by atoms with Crippen LogP contribution in [0.15, 0.2) is 18.2 Å². The number of carbonyl (C=O) groups is 1. The second-order valence-corrected chi connectivity index (χ2v) is 3.38. The molecule has 0 saturated heterocycles. The molecule has 6 nitrogen and oxygen atoms in total. The number of benzene rings is 1. The van der Waals surface area contributed by atoms with Crippen LogP contribution < -0.4 is 4.90 Å². The van der Waals surface area contributed by atoms with Crippen LogP contribution in [0.1, 0.15) is 0 Å². The van der Waals surface area contributed by atoms with Crippen LogP contribution in [0.3, 0.4) is 0 Å². The van der Waals surface area contributed by atoms with E-state index in [4.69, 9.17) is 11.5 Å². The Balaban J connectivity index is 3.15. The highest BCUT2D eigenvalue weighted by Gasteiger charge is 2.15. The Morgan fingerprint density at radius 3 is 2.72 bits per heavy atom. The smallest absolute Gasteiger partial charge is 0.323 e. The highest BCUT2D eigenvalue weighted by molar-refractivity contribution is 5.74. The normalized spacial score (nSPS) is 9.56. The molecular formula is C11H9FN2O4. The summed E-state index contributed by atoms with van der Waals surface area (Å²) in [5, 5.41) is 19.3. The minimum Gasteiger partial charge on any atom is -0.480 e. The third kappa shape index (κ3) is 3.45. The number of rotatable bonds is 5. The van der Waals surface area contributed by atoms with Gasteiger partial charge in [0.2, 0.25) is 0 Å². The van der Waals surface area contributed by atoms with E-state index in [1.807, 2.05) is 0 Å². The number of nitro benzene ring substituents is 1. The number of aliphatic carboxylic acids is 1. The molecule has 0 fully saturated rings. The van der Waals surface area contributed by atoms with E-state index in [0.29, 0.717) is 0 Å². The summed E-state index contributed by atoms with van der Waals surface area (Å²) >= 11 is 0. The highest BCUT2D eigenvalue weighted by atomic mass is 19.1. The van der Waals surface area contributed by atoms with Gasteiger partial charge >= 0.3 is 5.97 Å². The van der Waals surface area contributed by atoms with Crippen molar-refractivity contribution in [1.82, 2.24) is 0 Å². The van der Waals surface area contributed by atoms with Crippen molar-refractivity contribution >= 4 is 17.3 Å². The summed E-state index contributed by atoms with van der Waals surface area (Å²) in [7, 11) is 0. The summed E-state index contributed by atoms with van der Waals surface area (Å²) in [5.41, 5.74) is -0.403. The molecule has 94 valence electrons. The Labute approximate surface area is 102 Å². The van der Waals surface area contributed by atoms with Crippen LogP contribution in [0.2, 0.25) is 0 Å². The van der Waals surface area contributed by atoms with Crippen LogP contribution in [0.4, 0.5) is 15.8 Å². The lowest BCUT2D eigenvalue weighted by molar-refractivity contribution is -0.385. The predicted molar refractivity (Wildman–Crippen MR) is 61.7 cm³/mol. The lowest BCUT2D eigenvalue weighted by Gasteiger charge is -2.19. The number of carboxylic acids is 1. The van der Waals surface area contributed by atoms with Crippen molar-refractivity contribution in [1.29, 1.82) is 0 Å². The molecule has 0 aliphatic carbocycles. The van der Waals surface area contributed by atoms with Gasteiger partial charge in [-0.15, -0.1) is 6.42 Å². The predicted octanol–water partition coefficient (Wildman–Crippen LogP) is 1.26. The van der Waals surface area contributed by atoms with Crippen molar-refractivity contribution in [3.8, 4) is 12.3 Å². The average molecular weight is 252 g/mol. The molecule has 18 heavy (non-hydrogen) atoms.